The van der Waals surface area contributed by atoms with Gasteiger partial charge in [-0.05, 0) is 68.1 Å². The molecule has 0 aliphatic rings. The third kappa shape index (κ3) is 7.83. The minimum Gasteiger partial charge on any atom is -0.354 e. The van der Waals surface area contributed by atoms with Crippen LogP contribution in [0.15, 0.2) is 77.7 Å². The molecule has 9 heteroatoms. The Morgan fingerprint density at radius 3 is 2.23 bits per heavy atom. The first kappa shape index (κ1) is 30.2. The van der Waals surface area contributed by atoms with E-state index in [2.05, 4.69) is 5.32 Å². The van der Waals surface area contributed by atoms with Crippen LogP contribution in [0.25, 0.3) is 0 Å². The molecule has 2 amide bonds. The van der Waals surface area contributed by atoms with Crippen molar-refractivity contribution < 1.29 is 18.0 Å². The molecule has 0 saturated carbocycles. The molecule has 1 N–H and O–H groups in total. The molecule has 3 rings (SSSR count). The van der Waals surface area contributed by atoms with Crippen molar-refractivity contribution >= 4 is 39.1 Å². The van der Waals surface area contributed by atoms with Crippen LogP contribution in [0.4, 0.5) is 5.69 Å². The van der Waals surface area contributed by atoms with Crippen LogP contribution in [0, 0.1) is 19.8 Å². The average molecular weight is 570 g/mol. The Hall–Kier alpha value is -3.36. The predicted molar refractivity (Wildman–Crippen MR) is 156 cm³/mol. The molecule has 0 saturated heterocycles. The highest BCUT2D eigenvalue weighted by Crippen LogP contribution is 2.28. The number of halogens is 1. The second-order valence-corrected chi connectivity index (χ2v) is 12.4. The standard InChI is InChI=1S/C30H36ClN3O4S/c1-21(2)18-32-30(36)24(5)33(19-25-10-9-11-26(31)17-25)29(35)20-34(28-15-14-22(3)16-23(28)4)39(37,38)27-12-7-6-8-13-27/h6-17,21,24H,18-20H2,1-5H3,(H,32,36). The molecule has 208 valence electrons. The second-order valence-electron chi connectivity index (χ2n) is 10.1. The van der Waals surface area contributed by atoms with Gasteiger partial charge in [-0.15, -0.1) is 0 Å². The van der Waals surface area contributed by atoms with Crippen LogP contribution >= 0.6 is 11.6 Å². The first-order valence-corrected chi connectivity index (χ1v) is 14.7. The van der Waals surface area contributed by atoms with Crippen LogP contribution in [0.5, 0.6) is 0 Å². The molecule has 0 bridgehead atoms. The highest BCUT2D eigenvalue weighted by Gasteiger charge is 2.33. The summed E-state index contributed by atoms with van der Waals surface area (Å²) in [7, 11) is -4.10. The quantitative estimate of drug-likeness (QED) is 0.338. The Morgan fingerprint density at radius 2 is 1.62 bits per heavy atom. The maximum absolute atomic E-state index is 14.0. The van der Waals surface area contributed by atoms with Crippen molar-refractivity contribution in [3.05, 3.63) is 94.5 Å². The van der Waals surface area contributed by atoms with Crippen molar-refractivity contribution in [2.45, 2.75) is 52.1 Å². The molecular formula is C30H36ClN3O4S. The fraction of sp³-hybridized carbons (Fsp3) is 0.333. The molecule has 3 aromatic rings. The maximum atomic E-state index is 14.0. The summed E-state index contributed by atoms with van der Waals surface area (Å²) in [5.41, 5.74) is 2.81. The summed E-state index contributed by atoms with van der Waals surface area (Å²) in [6.45, 7) is 9.40. The molecule has 3 aromatic carbocycles. The lowest BCUT2D eigenvalue weighted by molar-refractivity contribution is -0.139. The highest BCUT2D eigenvalue weighted by molar-refractivity contribution is 7.92. The number of benzene rings is 3. The Bertz CT molecular complexity index is 1410. The zero-order valence-corrected chi connectivity index (χ0v) is 24.6. The van der Waals surface area contributed by atoms with Crippen LogP contribution in [0.1, 0.15) is 37.5 Å². The van der Waals surface area contributed by atoms with E-state index in [0.717, 1.165) is 15.4 Å². The number of anilines is 1. The van der Waals surface area contributed by atoms with Crippen LogP contribution < -0.4 is 9.62 Å². The van der Waals surface area contributed by atoms with E-state index in [9.17, 15) is 18.0 Å². The number of aryl methyl sites for hydroxylation is 2. The zero-order valence-electron chi connectivity index (χ0n) is 23.0. The number of amides is 2. The Kier molecular flexibility index (Phi) is 10.2. The summed E-state index contributed by atoms with van der Waals surface area (Å²) in [4.78, 5) is 28.5. The molecular weight excluding hydrogens is 534 g/mol. The van der Waals surface area contributed by atoms with Crippen molar-refractivity contribution in [1.82, 2.24) is 10.2 Å². The number of nitrogens with one attached hydrogen (secondary N) is 1. The summed E-state index contributed by atoms with van der Waals surface area (Å²) in [5.74, 6) is -0.598. The predicted octanol–water partition coefficient (Wildman–Crippen LogP) is 5.34. The van der Waals surface area contributed by atoms with Gasteiger partial charge in [0.05, 0.1) is 10.6 Å². The lowest BCUT2D eigenvalue weighted by Gasteiger charge is -2.32. The van der Waals surface area contributed by atoms with E-state index in [1.807, 2.05) is 45.9 Å². The molecule has 1 unspecified atom stereocenters. The van der Waals surface area contributed by atoms with E-state index in [1.54, 1.807) is 49.4 Å². The summed E-state index contributed by atoms with van der Waals surface area (Å²) in [5, 5.41) is 3.38. The number of hydrogen-bond donors (Lipinski definition) is 1. The van der Waals surface area contributed by atoms with Gasteiger partial charge in [-0.2, -0.15) is 0 Å². The van der Waals surface area contributed by atoms with Crippen molar-refractivity contribution in [3.63, 3.8) is 0 Å². The van der Waals surface area contributed by atoms with E-state index in [4.69, 9.17) is 11.6 Å². The largest absolute Gasteiger partial charge is 0.354 e. The molecule has 39 heavy (non-hydrogen) atoms. The SMILES string of the molecule is Cc1ccc(N(CC(=O)N(Cc2cccc(Cl)c2)C(C)C(=O)NCC(C)C)S(=O)(=O)c2ccccc2)c(C)c1. The van der Waals surface area contributed by atoms with Crippen LogP contribution in [0.3, 0.4) is 0 Å². The zero-order chi connectivity index (χ0) is 28.7. The smallest absolute Gasteiger partial charge is 0.264 e. The minimum absolute atomic E-state index is 0.0712. The van der Waals surface area contributed by atoms with Crippen molar-refractivity contribution in [3.8, 4) is 0 Å². The van der Waals surface area contributed by atoms with Crippen LogP contribution in [-0.4, -0.2) is 44.3 Å². The number of hydrogen-bond acceptors (Lipinski definition) is 4. The number of rotatable bonds is 11. The van der Waals surface area contributed by atoms with Gasteiger partial charge in [-0.3, -0.25) is 13.9 Å². The molecule has 0 spiro atoms. The van der Waals surface area contributed by atoms with Crippen molar-refractivity contribution in [2.24, 2.45) is 5.92 Å². The van der Waals surface area contributed by atoms with E-state index >= 15 is 0 Å². The van der Waals surface area contributed by atoms with E-state index in [-0.39, 0.29) is 23.3 Å². The van der Waals surface area contributed by atoms with Gasteiger partial charge in [0, 0.05) is 18.1 Å². The Balaban J connectivity index is 2.03. The van der Waals surface area contributed by atoms with Gasteiger partial charge < -0.3 is 10.2 Å². The summed E-state index contributed by atoms with van der Waals surface area (Å²) < 4.78 is 28.9. The second kappa shape index (κ2) is 13.1. The third-order valence-corrected chi connectivity index (χ3v) is 8.33. The molecule has 0 fully saturated rings. The highest BCUT2D eigenvalue weighted by atomic mass is 35.5. The average Bonchev–Trinajstić information content (AvgIpc) is 2.89. The number of nitrogens with zero attached hydrogens (tertiary/aromatic N) is 2. The molecule has 0 aromatic heterocycles. The first-order valence-electron chi connectivity index (χ1n) is 12.9. The van der Waals surface area contributed by atoms with Crippen molar-refractivity contribution in [2.75, 3.05) is 17.4 Å². The molecule has 7 nitrogen and oxygen atoms in total. The maximum Gasteiger partial charge on any atom is 0.264 e. The lowest BCUT2D eigenvalue weighted by atomic mass is 10.1. The Labute approximate surface area is 236 Å². The van der Waals surface area contributed by atoms with Gasteiger partial charge in [-0.1, -0.05) is 73.5 Å². The number of carbonyl (C=O) groups excluding carboxylic acids is 2. The van der Waals surface area contributed by atoms with Gasteiger partial charge in [0.15, 0.2) is 0 Å². The van der Waals surface area contributed by atoms with Crippen LogP contribution in [0.2, 0.25) is 5.02 Å². The van der Waals surface area contributed by atoms with Crippen LogP contribution in [-0.2, 0) is 26.2 Å². The van der Waals surface area contributed by atoms with Gasteiger partial charge in [0.1, 0.15) is 12.6 Å². The molecule has 0 aliphatic carbocycles. The summed E-state index contributed by atoms with van der Waals surface area (Å²) in [6, 6.07) is 19.6. The summed E-state index contributed by atoms with van der Waals surface area (Å²) in [6.07, 6.45) is 0. The lowest BCUT2D eigenvalue weighted by Crippen LogP contribution is -2.51. The number of sulfonamides is 1. The third-order valence-electron chi connectivity index (χ3n) is 6.32. The van der Waals surface area contributed by atoms with E-state index in [0.29, 0.717) is 22.8 Å². The van der Waals surface area contributed by atoms with Gasteiger partial charge in [0.25, 0.3) is 10.0 Å². The molecule has 0 aliphatic heterocycles. The number of carbonyl (C=O) groups is 2. The van der Waals surface area contributed by atoms with Gasteiger partial charge >= 0.3 is 0 Å². The fourth-order valence-electron chi connectivity index (χ4n) is 4.19. The molecule has 0 heterocycles. The molecule has 0 radical (unpaired) electrons. The normalized spacial score (nSPS) is 12.2. The van der Waals surface area contributed by atoms with Crippen molar-refractivity contribution in [1.29, 1.82) is 0 Å². The fourth-order valence-corrected chi connectivity index (χ4v) is 5.90. The first-order chi connectivity index (χ1) is 18.4. The monoisotopic (exact) mass is 569 g/mol. The van der Waals surface area contributed by atoms with E-state index in [1.165, 1.54) is 17.0 Å². The summed E-state index contributed by atoms with van der Waals surface area (Å²) >= 11 is 6.19. The Morgan fingerprint density at radius 1 is 0.923 bits per heavy atom. The minimum atomic E-state index is -4.10. The topological polar surface area (TPSA) is 86.8 Å². The van der Waals surface area contributed by atoms with Gasteiger partial charge in [-0.25, -0.2) is 8.42 Å². The van der Waals surface area contributed by atoms with E-state index < -0.39 is 28.5 Å². The molecule has 1 atom stereocenters. The van der Waals surface area contributed by atoms with Gasteiger partial charge in [0.2, 0.25) is 11.8 Å².